The van der Waals surface area contributed by atoms with Crippen molar-refractivity contribution in [3.63, 3.8) is 0 Å². The van der Waals surface area contributed by atoms with E-state index >= 15 is 0 Å². The Kier molecular flexibility index (Phi) is 5.28. The molecule has 6 heteroatoms. The number of rotatable bonds is 6. The van der Waals surface area contributed by atoms with Crippen molar-refractivity contribution in [2.24, 2.45) is 5.11 Å². The summed E-state index contributed by atoms with van der Waals surface area (Å²) in [6.45, 7) is 5.45. The van der Waals surface area contributed by atoms with Crippen molar-refractivity contribution in [2.75, 3.05) is 13.2 Å². The first-order valence-electron chi connectivity index (χ1n) is 5.24. The highest BCUT2D eigenvalue weighted by molar-refractivity contribution is 5.86. The number of benzene rings is 1. The van der Waals surface area contributed by atoms with Crippen LogP contribution < -0.4 is 4.74 Å². The topological polar surface area (TPSA) is 84.3 Å². The van der Waals surface area contributed by atoms with E-state index in [1.54, 1.807) is 31.2 Å². The Morgan fingerprint density at radius 2 is 2.06 bits per heavy atom. The van der Waals surface area contributed by atoms with Crippen LogP contribution in [0.2, 0.25) is 0 Å². The smallest absolute Gasteiger partial charge is 0.333 e. The van der Waals surface area contributed by atoms with Crippen LogP contribution in [0.25, 0.3) is 10.4 Å². The van der Waals surface area contributed by atoms with Crippen LogP contribution in [-0.4, -0.2) is 19.2 Å². The molecule has 1 rings (SSSR count). The van der Waals surface area contributed by atoms with Gasteiger partial charge in [0.1, 0.15) is 19.0 Å². The van der Waals surface area contributed by atoms with Crippen molar-refractivity contribution in [3.05, 3.63) is 46.9 Å². The Morgan fingerprint density at radius 1 is 1.39 bits per heavy atom. The quantitative estimate of drug-likeness (QED) is 0.193. The molecule has 0 saturated carbocycles. The second kappa shape index (κ2) is 6.98. The molecule has 0 saturated heterocycles. The van der Waals surface area contributed by atoms with Gasteiger partial charge in [0.2, 0.25) is 0 Å². The van der Waals surface area contributed by atoms with Crippen molar-refractivity contribution < 1.29 is 14.3 Å². The van der Waals surface area contributed by atoms with E-state index in [0.29, 0.717) is 17.0 Å². The Balaban J connectivity index is 2.33. The normalized spacial score (nSPS) is 9.17. The standard InChI is InChI=1S/C12H13N3O3/c1-9(2)12(16)18-8-7-17-11-5-3-10(4-6-11)14-15-13/h3-6H,1,7-8H2,2H3. The molecular weight excluding hydrogens is 234 g/mol. The molecular formula is C12H13N3O3. The fraction of sp³-hybridized carbons (Fsp3) is 0.250. The van der Waals surface area contributed by atoms with Crippen LogP contribution in [0.1, 0.15) is 6.92 Å². The van der Waals surface area contributed by atoms with Crippen molar-refractivity contribution >= 4 is 11.7 Å². The average Bonchev–Trinajstić information content (AvgIpc) is 2.36. The molecule has 0 aliphatic heterocycles. The number of hydrogen-bond acceptors (Lipinski definition) is 4. The first-order valence-corrected chi connectivity index (χ1v) is 5.24. The van der Waals surface area contributed by atoms with Gasteiger partial charge in [-0.2, -0.15) is 0 Å². The minimum atomic E-state index is -0.433. The van der Waals surface area contributed by atoms with E-state index in [4.69, 9.17) is 15.0 Å². The fourth-order valence-corrected chi connectivity index (χ4v) is 1.08. The molecule has 0 aromatic heterocycles. The summed E-state index contributed by atoms with van der Waals surface area (Å²) in [6.07, 6.45) is 0. The number of esters is 1. The summed E-state index contributed by atoms with van der Waals surface area (Å²) < 4.78 is 10.2. The summed E-state index contributed by atoms with van der Waals surface area (Å²) in [7, 11) is 0. The van der Waals surface area contributed by atoms with Crippen LogP contribution in [0.5, 0.6) is 5.75 Å². The maximum Gasteiger partial charge on any atom is 0.333 e. The van der Waals surface area contributed by atoms with Crippen molar-refractivity contribution in [2.45, 2.75) is 6.92 Å². The van der Waals surface area contributed by atoms with Gasteiger partial charge in [-0.15, -0.1) is 0 Å². The first kappa shape index (κ1) is 13.6. The molecule has 0 bridgehead atoms. The van der Waals surface area contributed by atoms with E-state index in [1.165, 1.54) is 0 Å². The molecule has 0 aliphatic rings. The first-order chi connectivity index (χ1) is 8.63. The molecule has 6 nitrogen and oxygen atoms in total. The van der Waals surface area contributed by atoms with Crippen molar-refractivity contribution in [1.29, 1.82) is 0 Å². The summed E-state index contributed by atoms with van der Waals surface area (Å²) in [5, 5.41) is 3.43. The van der Waals surface area contributed by atoms with Gasteiger partial charge in [-0.1, -0.05) is 11.7 Å². The fourth-order valence-electron chi connectivity index (χ4n) is 1.08. The van der Waals surface area contributed by atoms with Gasteiger partial charge in [0.05, 0.1) is 0 Å². The third kappa shape index (κ3) is 4.59. The molecule has 0 spiro atoms. The largest absolute Gasteiger partial charge is 0.490 e. The van der Waals surface area contributed by atoms with Crippen molar-refractivity contribution in [3.8, 4) is 5.75 Å². The lowest BCUT2D eigenvalue weighted by atomic mass is 10.3. The minimum Gasteiger partial charge on any atom is -0.490 e. The van der Waals surface area contributed by atoms with E-state index in [0.717, 1.165) is 0 Å². The Labute approximate surface area is 104 Å². The minimum absolute atomic E-state index is 0.157. The van der Waals surface area contributed by atoms with Gasteiger partial charge in [-0.05, 0) is 36.7 Å². The average molecular weight is 247 g/mol. The van der Waals surface area contributed by atoms with E-state index in [2.05, 4.69) is 16.6 Å². The van der Waals surface area contributed by atoms with E-state index in [9.17, 15) is 4.79 Å². The third-order valence-corrected chi connectivity index (χ3v) is 1.93. The molecule has 0 fully saturated rings. The molecule has 18 heavy (non-hydrogen) atoms. The molecule has 0 unspecified atom stereocenters. The lowest BCUT2D eigenvalue weighted by Gasteiger charge is -2.07. The second-order valence-electron chi connectivity index (χ2n) is 3.45. The number of hydrogen-bond donors (Lipinski definition) is 0. The predicted octanol–water partition coefficient (Wildman–Crippen LogP) is 3.13. The highest BCUT2D eigenvalue weighted by Crippen LogP contribution is 2.17. The van der Waals surface area contributed by atoms with Gasteiger partial charge in [0.25, 0.3) is 0 Å². The molecule has 0 aliphatic carbocycles. The van der Waals surface area contributed by atoms with Crippen LogP contribution in [0.4, 0.5) is 5.69 Å². The van der Waals surface area contributed by atoms with E-state index < -0.39 is 5.97 Å². The van der Waals surface area contributed by atoms with Crippen LogP contribution >= 0.6 is 0 Å². The number of nitrogens with zero attached hydrogens (tertiary/aromatic N) is 3. The number of carbonyl (C=O) groups excluding carboxylic acids is 1. The number of ether oxygens (including phenoxy) is 2. The molecule has 0 radical (unpaired) electrons. The maximum absolute atomic E-state index is 11.0. The third-order valence-electron chi connectivity index (χ3n) is 1.93. The van der Waals surface area contributed by atoms with E-state index in [-0.39, 0.29) is 13.2 Å². The van der Waals surface area contributed by atoms with Crippen molar-refractivity contribution in [1.82, 2.24) is 0 Å². The molecule has 0 heterocycles. The highest BCUT2D eigenvalue weighted by Gasteiger charge is 2.02. The zero-order chi connectivity index (χ0) is 13.4. The van der Waals surface area contributed by atoms with Crippen LogP contribution in [0, 0.1) is 0 Å². The zero-order valence-corrected chi connectivity index (χ0v) is 10.00. The van der Waals surface area contributed by atoms with Crippen LogP contribution in [-0.2, 0) is 9.53 Å². The van der Waals surface area contributed by atoms with Gasteiger partial charge in [-0.25, -0.2) is 4.79 Å². The Hall–Kier alpha value is -2.46. The predicted molar refractivity (Wildman–Crippen MR) is 66.5 cm³/mol. The monoisotopic (exact) mass is 247 g/mol. The van der Waals surface area contributed by atoms with Gasteiger partial charge >= 0.3 is 5.97 Å². The molecule has 0 amide bonds. The second-order valence-corrected chi connectivity index (χ2v) is 3.45. The summed E-state index contributed by atoms with van der Waals surface area (Å²) in [5.74, 6) is 0.176. The van der Waals surface area contributed by atoms with Gasteiger partial charge in [0, 0.05) is 16.2 Å². The summed E-state index contributed by atoms with van der Waals surface area (Å²) in [6, 6.07) is 6.61. The molecule has 94 valence electrons. The summed E-state index contributed by atoms with van der Waals surface area (Å²) >= 11 is 0. The number of azide groups is 1. The number of carbonyl (C=O) groups is 1. The van der Waals surface area contributed by atoms with Gasteiger partial charge < -0.3 is 9.47 Å². The zero-order valence-electron chi connectivity index (χ0n) is 10.00. The molecule has 1 aromatic carbocycles. The molecule has 0 atom stereocenters. The van der Waals surface area contributed by atoms with E-state index in [1.807, 2.05) is 0 Å². The summed E-state index contributed by atoms with van der Waals surface area (Å²) in [4.78, 5) is 13.7. The lowest BCUT2D eigenvalue weighted by molar-refractivity contribution is -0.139. The van der Waals surface area contributed by atoms with Crippen LogP contribution in [0.15, 0.2) is 41.5 Å². The van der Waals surface area contributed by atoms with Gasteiger partial charge in [0.15, 0.2) is 0 Å². The van der Waals surface area contributed by atoms with Crippen LogP contribution in [0.3, 0.4) is 0 Å². The molecule has 0 N–H and O–H groups in total. The lowest BCUT2D eigenvalue weighted by Crippen LogP contribution is -2.12. The SMILES string of the molecule is C=C(C)C(=O)OCCOc1ccc(N=[N+]=[N-])cc1. The Bertz CT molecular complexity index is 476. The molecule has 1 aromatic rings. The van der Waals surface area contributed by atoms with Gasteiger partial charge in [-0.3, -0.25) is 0 Å². The Morgan fingerprint density at radius 3 is 2.61 bits per heavy atom. The highest BCUT2D eigenvalue weighted by atomic mass is 16.6. The maximum atomic E-state index is 11.0. The summed E-state index contributed by atoms with van der Waals surface area (Å²) in [5.41, 5.74) is 9.10.